The lowest BCUT2D eigenvalue weighted by Gasteiger charge is -2.27. The number of hydrogen-bond acceptors (Lipinski definition) is 2. The van der Waals surface area contributed by atoms with Crippen LogP contribution in [0.2, 0.25) is 0 Å². The maximum Gasteiger partial charge on any atom is 0.319 e. The van der Waals surface area contributed by atoms with Crippen LogP contribution in [0.3, 0.4) is 0 Å². The van der Waals surface area contributed by atoms with Crippen molar-refractivity contribution >= 4 is 17.4 Å². The van der Waals surface area contributed by atoms with Gasteiger partial charge in [0.1, 0.15) is 5.82 Å². The lowest BCUT2D eigenvalue weighted by molar-refractivity contribution is 0.251. The minimum absolute atomic E-state index is 0.140. The molecular formula is C17H20FN3O. The summed E-state index contributed by atoms with van der Waals surface area (Å²) in [5, 5.41) is 5.48. The molecule has 0 bridgehead atoms. The number of carbonyl (C=O) groups is 1. The number of hydrogen-bond donors (Lipinski definition) is 2. The number of rotatable bonds is 5. The summed E-state index contributed by atoms with van der Waals surface area (Å²) in [6.07, 6.45) is 0. The maximum absolute atomic E-state index is 12.8. The van der Waals surface area contributed by atoms with E-state index in [9.17, 15) is 9.18 Å². The molecule has 2 aromatic rings. The van der Waals surface area contributed by atoms with Crippen LogP contribution in [0.15, 0.2) is 54.6 Å². The van der Waals surface area contributed by atoms with E-state index in [1.165, 1.54) is 24.3 Å². The van der Waals surface area contributed by atoms with Crippen molar-refractivity contribution in [3.05, 3.63) is 60.4 Å². The second-order valence-electron chi connectivity index (χ2n) is 5.14. The largest absolute Gasteiger partial charge is 0.370 e. The summed E-state index contributed by atoms with van der Waals surface area (Å²) in [7, 11) is 1.99. The number of nitrogens with one attached hydrogen (secondary N) is 2. The average molecular weight is 301 g/mol. The summed E-state index contributed by atoms with van der Waals surface area (Å²) in [6.45, 7) is 2.53. The average Bonchev–Trinajstić information content (AvgIpc) is 2.55. The van der Waals surface area contributed by atoms with E-state index >= 15 is 0 Å². The van der Waals surface area contributed by atoms with Gasteiger partial charge in [0.2, 0.25) is 0 Å². The topological polar surface area (TPSA) is 44.4 Å². The Morgan fingerprint density at radius 1 is 1.14 bits per heavy atom. The van der Waals surface area contributed by atoms with Crippen molar-refractivity contribution in [3.8, 4) is 0 Å². The molecule has 0 radical (unpaired) electrons. The minimum atomic E-state index is -0.330. The van der Waals surface area contributed by atoms with Gasteiger partial charge in [-0.05, 0) is 43.3 Å². The second-order valence-corrected chi connectivity index (χ2v) is 5.14. The van der Waals surface area contributed by atoms with E-state index in [2.05, 4.69) is 15.5 Å². The third-order valence-electron chi connectivity index (χ3n) is 3.48. The van der Waals surface area contributed by atoms with Crippen molar-refractivity contribution in [1.29, 1.82) is 0 Å². The molecule has 2 amide bonds. The molecule has 0 aliphatic heterocycles. The Morgan fingerprint density at radius 2 is 1.77 bits per heavy atom. The van der Waals surface area contributed by atoms with Gasteiger partial charge in [0.25, 0.3) is 0 Å². The second kappa shape index (κ2) is 7.45. The molecule has 1 unspecified atom stereocenters. The fourth-order valence-corrected chi connectivity index (χ4v) is 2.00. The van der Waals surface area contributed by atoms with Gasteiger partial charge >= 0.3 is 6.03 Å². The monoisotopic (exact) mass is 301 g/mol. The molecular weight excluding hydrogens is 281 g/mol. The molecule has 0 heterocycles. The lowest BCUT2D eigenvalue weighted by Crippen LogP contribution is -2.41. The summed E-state index contributed by atoms with van der Waals surface area (Å²) in [4.78, 5) is 13.9. The number of urea groups is 1. The molecule has 2 N–H and O–H groups in total. The number of carbonyl (C=O) groups excluding carboxylic acids is 1. The van der Waals surface area contributed by atoms with Crippen LogP contribution in [0, 0.1) is 5.82 Å². The third-order valence-corrected chi connectivity index (χ3v) is 3.48. The fraction of sp³-hybridized carbons (Fsp3) is 0.235. The first-order valence-corrected chi connectivity index (χ1v) is 7.14. The highest BCUT2D eigenvalue weighted by Gasteiger charge is 2.11. The molecule has 0 aliphatic rings. The first-order valence-electron chi connectivity index (χ1n) is 7.14. The highest BCUT2D eigenvalue weighted by Crippen LogP contribution is 2.13. The third kappa shape index (κ3) is 4.48. The summed E-state index contributed by atoms with van der Waals surface area (Å²) in [5.41, 5.74) is 1.65. The van der Waals surface area contributed by atoms with E-state index in [0.717, 1.165) is 5.69 Å². The smallest absolute Gasteiger partial charge is 0.319 e. The minimum Gasteiger partial charge on any atom is -0.370 e. The van der Waals surface area contributed by atoms with E-state index in [1.54, 1.807) is 0 Å². The first-order chi connectivity index (χ1) is 10.6. The number of halogens is 1. The summed E-state index contributed by atoms with van der Waals surface area (Å²) >= 11 is 0. The van der Waals surface area contributed by atoms with Gasteiger partial charge in [-0.15, -0.1) is 0 Å². The van der Waals surface area contributed by atoms with E-state index in [4.69, 9.17) is 0 Å². The number of nitrogens with zero attached hydrogens (tertiary/aromatic N) is 1. The van der Waals surface area contributed by atoms with Gasteiger partial charge in [-0.3, -0.25) is 0 Å². The van der Waals surface area contributed by atoms with E-state index in [-0.39, 0.29) is 17.9 Å². The summed E-state index contributed by atoms with van der Waals surface area (Å²) < 4.78 is 12.8. The number of para-hydroxylation sites is 1. The molecule has 0 saturated carbocycles. The molecule has 1 atom stereocenters. The Balaban J connectivity index is 1.81. The molecule has 116 valence electrons. The zero-order valence-electron chi connectivity index (χ0n) is 12.7. The van der Waals surface area contributed by atoms with E-state index < -0.39 is 0 Å². The van der Waals surface area contributed by atoms with E-state index in [1.807, 2.05) is 44.3 Å². The Bertz CT molecular complexity index is 601. The highest BCUT2D eigenvalue weighted by molar-refractivity contribution is 5.89. The fourth-order valence-electron chi connectivity index (χ4n) is 2.00. The molecule has 0 aromatic heterocycles. The zero-order chi connectivity index (χ0) is 15.9. The van der Waals surface area contributed by atoms with Crippen molar-refractivity contribution in [2.24, 2.45) is 0 Å². The quantitative estimate of drug-likeness (QED) is 0.888. The van der Waals surface area contributed by atoms with Crippen LogP contribution < -0.4 is 15.5 Å². The zero-order valence-corrected chi connectivity index (χ0v) is 12.7. The maximum atomic E-state index is 12.8. The lowest BCUT2D eigenvalue weighted by atomic mass is 10.2. The van der Waals surface area contributed by atoms with Crippen LogP contribution in [0.5, 0.6) is 0 Å². The molecule has 22 heavy (non-hydrogen) atoms. The molecule has 5 heteroatoms. The molecule has 2 aromatic carbocycles. The van der Waals surface area contributed by atoms with Crippen molar-refractivity contribution < 1.29 is 9.18 Å². The predicted octanol–water partition coefficient (Wildman–Crippen LogP) is 3.47. The van der Waals surface area contributed by atoms with Crippen molar-refractivity contribution in [2.45, 2.75) is 13.0 Å². The van der Waals surface area contributed by atoms with Gasteiger partial charge in [0.15, 0.2) is 0 Å². The molecule has 0 aliphatic carbocycles. The summed E-state index contributed by atoms with van der Waals surface area (Å²) in [6, 6.07) is 15.5. The van der Waals surface area contributed by atoms with Gasteiger partial charge in [-0.25, -0.2) is 9.18 Å². The molecule has 0 spiro atoms. The highest BCUT2D eigenvalue weighted by atomic mass is 19.1. The van der Waals surface area contributed by atoms with Gasteiger partial charge < -0.3 is 15.5 Å². The number of benzene rings is 2. The number of amides is 2. The Kier molecular flexibility index (Phi) is 5.36. The number of anilines is 2. The predicted molar refractivity (Wildman–Crippen MR) is 87.7 cm³/mol. The van der Waals surface area contributed by atoms with Gasteiger partial charge in [0.05, 0.1) is 0 Å². The van der Waals surface area contributed by atoms with Crippen molar-refractivity contribution in [1.82, 2.24) is 5.32 Å². The SMILES string of the molecule is CC(CNC(=O)Nc1ccc(F)cc1)N(C)c1ccccc1. The van der Waals surface area contributed by atoms with Gasteiger partial charge in [-0.2, -0.15) is 0 Å². The van der Waals surface area contributed by atoms with Crippen LogP contribution in [0.4, 0.5) is 20.6 Å². The van der Waals surface area contributed by atoms with Gasteiger partial charge in [0, 0.05) is 31.0 Å². The number of likely N-dealkylation sites (N-methyl/N-ethyl adjacent to an activating group) is 1. The van der Waals surface area contributed by atoms with Crippen LogP contribution in [-0.4, -0.2) is 25.7 Å². The Morgan fingerprint density at radius 3 is 2.41 bits per heavy atom. The molecule has 4 nitrogen and oxygen atoms in total. The van der Waals surface area contributed by atoms with Crippen molar-refractivity contribution in [2.75, 3.05) is 23.8 Å². The van der Waals surface area contributed by atoms with Crippen LogP contribution in [0.1, 0.15) is 6.92 Å². The molecule has 2 rings (SSSR count). The van der Waals surface area contributed by atoms with Gasteiger partial charge in [-0.1, -0.05) is 18.2 Å². The summed E-state index contributed by atoms with van der Waals surface area (Å²) in [5.74, 6) is -0.330. The van der Waals surface area contributed by atoms with E-state index in [0.29, 0.717) is 12.2 Å². The molecule has 0 saturated heterocycles. The first kappa shape index (κ1) is 15.8. The molecule has 0 fully saturated rings. The normalized spacial score (nSPS) is 11.6. The Labute approximate surface area is 129 Å². The van der Waals surface area contributed by atoms with Crippen LogP contribution >= 0.6 is 0 Å². The van der Waals surface area contributed by atoms with Crippen LogP contribution in [0.25, 0.3) is 0 Å². The standard InChI is InChI=1S/C17H20FN3O/c1-13(21(2)16-6-4-3-5-7-16)12-19-17(22)20-15-10-8-14(18)9-11-15/h3-11,13H,12H2,1-2H3,(H2,19,20,22). The van der Waals surface area contributed by atoms with Crippen molar-refractivity contribution in [3.63, 3.8) is 0 Å². The van der Waals surface area contributed by atoms with Crippen LogP contribution in [-0.2, 0) is 0 Å². The Hall–Kier alpha value is -2.56.